The summed E-state index contributed by atoms with van der Waals surface area (Å²) >= 11 is 1.48. The number of nitrogen functional groups attached to an aromatic ring is 1. The van der Waals surface area contributed by atoms with Crippen LogP contribution in [0.1, 0.15) is 35.5 Å². The van der Waals surface area contributed by atoms with E-state index >= 15 is 0 Å². The molecule has 1 aromatic carbocycles. The molecule has 1 aromatic heterocycles. The van der Waals surface area contributed by atoms with E-state index < -0.39 is 0 Å². The molecule has 0 aliphatic heterocycles. The maximum Gasteiger partial charge on any atom is 0.263 e. The largest absolute Gasteiger partial charge is 0.397 e. The summed E-state index contributed by atoms with van der Waals surface area (Å²) in [6.45, 7) is 7.27. The number of hydrogen-bond donors (Lipinski definition) is 2. The Morgan fingerprint density at radius 3 is 2.85 bits per heavy atom. The predicted octanol–water partition coefficient (Wildman–Crippen LogP) is 3.57. The van der Waals surface area contributed by atoms with E-state index in [4.69, 9.17) is 5.73 Å². The van der Waals surface area contributed by atoms with E-state index in [1.165, 1.54) is 23.3 Å². The lowest BCUT2D eigenvalue weighted by Gasteiger charge is -2.05. The highest BCUT2D eigenvalue weighted by Crippen LogP contribution is 2.51. The van der Waals surface area contributed by atoms with Gasteiger partial charge in [0.15, 0.2) is 0 Å². The van der Waals surface area contributed by atoms with E-state index in [0.29, 0.717) is 21.9 Å². The molecule has 2 aromatic rings. The number of nitrogens with two attached hydrogens (primary N) is 1. The third-order valence-corrected chi connectivity index (χ3v) is 5.48. The summed E-state index contributed by atoms with van der Waals surface area (Å²) < 4.78 is 1.08. The molecule has 3 N–H and O–H groups in total. The first-order valence-electron chi connectivity index (χ1n) is 6.95. The van der Waals surface area contributed by atoms with Gasteiger partial charge in [0.1, 0.15) is 4.88 Å². The fourth-order valence-corrected chi connectivity index (χ4v) is 3.75. The fourth-order valence-electron chi connectivity index (χ4n) is 2.61. The highest BCUT2D eigenvalue weighted by atomic mass is 32.1. The summed E-state index contributed by atoms with van der Waals surface area (Å²) in [5.74, 6) is 0.563. The Morgan fingerprint density at radius 1 is 1.50 bits per heavy atom. The van der Waals surface area contributed by atoms with Crippen molar-refractivity contribution in [2.24, 2.45) is 11.3 Å². The van der Waals surface area contributed by atoms with Gasteiger partial charge in [-0.25, -0.2) is 0 Å². The number of hydrogen-bond acceptors (Lipinski definition) is 3. The Balaban J connectivity index is 1.79. The van der Waals surface area contributed by atoms with Crippen LogP contribution in [0.3, 0.4) is 0 Å². The van der Waals surface area contributed by atoms with Crippen LogP contribution < -0.4 is 11.1 Å². The van der Waals surface area contributed by atoms with Gasteiger partial charge in [0.05, 0.1) is 5.69 Å². The maximum atomic E-state index is 12.3. The highest BCUT2D eigenvalue weighted by Gasteiger charge is 2.45. The predicted molar refractivity (Wildman–Crippen MR) is 85.2 cm³/mol. The average molecular weight is 288 g/mol. The lowest BCUT2D eigenvalue weighted by atomic mass is 10.1. The van der Waals surface area contributed by atoms with Gasteiger partial charge >= 0.3 is 0 Å². The number of nitrogens with one attached hydrogen (secondary N) is 1. The van der Waals surface area contributed by atoms with Crippen LogP contribution in [0.4, 0.5) is 5.69 Å². The quantitative estimate of drug-likeness (QED) is 0.907. The Labute approximate surface area is 123 Å². The third kappa shape index (κ3) is 2.29. The summed E-state index contributed by atoms with van der Waals surface area (Å²) in [7, 11) is 0. The Kier molecular flexibility index (Phi) is 3.01. The zero-order valence-corrected chi connectivity index (χ0v) is 12.9. The number of carbonyl (C=O) groups is 1. The van der Waals surface area contributed by atoms with Gasteiger partial charge in [-0.3, -0.25) is 4.79 Å². The number of thiophene rings is 1. The molecule has 1 amide bonds. The standard InChI is InChI=1S/C16H20N2OS/c1-9-4-5-11-12(6-9)20-14(13(11)17)15(19)18-8-10-7-16(10,2)3/h4-6,10H,7-8,17H2,1-3H3,(H,18,19). The van der Waals surface area contributed by atoms with Crippen LogP contribution in [0.2, 0.25) is 0 Å². The summed E-state index contributed by atoms with van der Waals surface area (Å²) in [5, 5.41) is 4.01. The summed E-state index contributed by atoms with van der Waals surface area (Å²) in [6, 6.07) is 6.11. The number of amides is 1. The first kappa shape index (κ1) is 13.4. The SMILES string of the molecule is Cc1ccc2c(N)c(C(=O)NCC3CC3(C)C)sc2c1. The van der Waals surface area contributed by atoms with E-state index in [0.717, 1.165) is 16.6 Å². The molecule has 1 fully saturated rings. The van der Waals surface area contributed by atoms with Crippen LogP contribution in [0.5, 0.6) is 0 Å². The molecule has 0 spiro atoms. The first-order valence-corrected chi connectivity index (χ1v) is 7.77. The second kappa shape index (κ2) is 4.48. The fraction of sp³-hybridized carbons (Fsp3) is 0.438. The van der Waals surface area contributed by atoms with Gasteiger partial charge in [0.2, 0.25) is 0 Å². The number of aryl methyl sites for hydroxylation is 1. The minimum Gasteiger partial charge on any atom is -0.397 e. The molecule has 1 unspecified atom stereocenters. The molecule has 3 nitrogen and oxygen atoms in total. The molecule has 0 radical (unpaired) electrons. The maximum absolute atomic E-state index is 12.3. The van der Waals surface area contributed by atoms with Crippen LogP contribution in [0, 0.1) is 18.3 Å². The van der Waals surface area contributed by atoms with Crippen molar-refractivity contribution in [1.29, 1.82) is 0 Å². The summed E-state index contributed by atoms with van der Waals surface area (Å²) in [5.41, 5.74) is 8.29. The minimum absolute atomic E-state index is 0.0379. The van der Waals surface area contributed by atoms with Crippen LogP contribution in [-0.4, -0.2) is 12.5 Å². The van der Waals surface area contributed by atoms with Crippen molar-refractivity contribution in [3.8, 4) is 0 Å². The number of fused-ring (bicyclic) bond motifs is 1. The van der Waals surface area contributed by atoms with Crippen molar-refractivity contribution in [3.05, 3.63) is 28.6 Å². The molecule has 106 valence electrons. The van der Waals surface area contributed by atoms with Crippen molar-refractivity contribution in [2.45, 2.75) is 27.2 Å². The Bertz CT molecular complexity index is 687. The molecule has 4 heteroatoms. The molecule has 0 bridgehead atoms. The van der Waals surface area contributed by atoms with Gasteiger partial charge < -0.3 is 11.1 Å². The normalized spacial score (nSPS) is 20.1. The van der Waals surface area contributed by atoms with Crippen molar-refractivity contribution in [1.82, 2.24) is 5.32 Å². The lowest BCUT2D eigenvalue weighted by Crippen LogP contribution is -2.26. The van der Waals surface area contributed by atoms with Crippen LogP contribution in [0.25, 0.3) is 10.1 Å². The molecule has 1 aliphatic rings. The number of anilines is 1. The Morgan fingerprint density at radius 2 is 2.20 bits per heavy atom. The second-order valence-electron chi connectivity index (χ2n) is 6.44. The van der Waals surface area contributed by atoms with Gasteiger partial charge in [-0.05, 0) is 36.3 Å². The minimum atomic E-state index is -0.0379. The van der Waals surface area contributed by atoms with E-state index in [1.807, 2.05) is 19.1 Å². The van der Waals surface area contributed by atoms with Gasteiger partial charge in [-0.15, -0.1) is 11.3 Å². The molecule has 1 heterocycles. The zero-order valence-electron chi connectivity index (χ0n) is 12.1. The third-order valence-electron chi connectivity index (χ3n) is 4.32. The monoisotopic (exact) mass is 288 g/mol. The van der Waals surface area contributed by atoms with E-state index in [2.05, 4.69) is 25.2 Å². The van der Waals surface area contributed by atoms with Crippen LogP contribution in [-0.2, 0) is 0 Å². The first-order chi connectivity index (χ1) is 9.38. The molecule has 0 saturated heterocycles. The van der Waals surface area contributed by atoms with Gasteiger partial charge in [-0.1, -0.05) is 26.0 Å². The molecule has 1 atom stereocenters. The Hall–Kier alpha value is -1.55. The van der Waals surface area contributed by atoms with Gasteiger partial charge in [0, 0.05) is 16.6 Å². The molecule has 20 heavy (non-hydrogen) atoms. The number of rotatable bonds is 3. The highest BCUT2D eigenvalue weighted by molar-refractivity contribution is 7.21. The smallest absolute Gasteiger partial charge is 0.263 e. The van der Waals surface area contributed by atoms with E-state index in [9.17, 15) is 4.79 Å². The second-order valence-corrected chi connectivity index (χ2v) is 7.50. The van der Waals surface area contributed by atoms with Crippen LogP contribution >= 0.6 is 11.3 Å². The number of benzene rings is 1. The van der Waals surface area contributed by atoms with Crippen LogP contribution in [0.15, 0.2) is 18.2 Å². The lowest BCUT2D eigenvalue weighted by molar-refractivity contribution is 0.0955. The topological polar surface area (TPSA) is 55.1 Å². The van der Waals surface area contributed by atoms with Gasteiger partial charge in [-0.2, -0.15) is 0 Å². The molecular formula is C16H20N2OS. The average Bonchev–Trinajstić information content (AvgIpc) is 2.86. The molecule has 3 rings (SSSR count). The van der Waals surface area contributed by atoms with Gasteiger partial charge in [0.25, 0.3) is 5.91 Å². The van der Waals surface area contributed by atoms with E-state index in [-0.39, 0.29) is 5.91 Å². The molecule has 1 aliphatic carbocycles. The summed E-state index contributed by atoms with van der Waals surface area (Å²) in [6.07, 6.45) is 1.19. The molecular weight excluding hydrogens is 268 g/mol. The van der Waals surface area contributed by atoms with Crippen molar-refractivity contribution in [3.63, 3.8) is 0 Å². The number of carbonyl (C=O) groups excluding carboxylic acids is 1. The zero-order chi connectivity index (χ0) is 14.5. The van der Waals surface area contributed by atoms with Crippen molar-refractivity contribution in [2.75, 3.05) is 12.3 Å². The van der Waals surface area contributed by atoms with E-state index in [1.54, 1.807) is 0 Å². The summed E-state index contributed by atoms with van der Waals surface area (Å²) in [4.78, 5) is 12.9. The van der Waals surface area contributed by atoms with Crippen molar-refractivity contribution >= 4 is 33.0 Å². The van der Waals surface area contributed by atoms with Crippen molar-refractivity contribution < 1.29 is 4.79 Å². The molecule has 1 saturated carbocycles.